The summed E-state index contributed by atoms with van der Waals surface area (Å²) < 4.78 is 6.52. The molecule has 1 aliphatic heterocycles. The van der Waals surface area contributed by atoms with Crippen molar-refractivity contribution in [2.24, 2.45) is 7.05 Å². The van der Waals surface area contributed by atoms with Gasteiger partial charge in [-0.25, -0.2) is 4.79 Å². The molecule has 0 atom stereocenters. The summed E-state index contributed by atoms with van der Waals surface area (Å²) in [6, 6.07) is 7.93. The summed E-state index contributed by atoms with van der Waals surface area (Å²) in [5.41, 5.74) is 1.13. The number of amides is 1. The number of carboxylic acids is 1. The van der Waals surface area contributed by atoms with Crippen molar-refractivity contribution in [3.05, 3.63) is 47.3 Å². The van der Waals surface area contributed by atoms with Crippen molar-refractivity contribution < 1.29 is 19.4 Å². The van der Waals surface area contributed by atoms with Gasteiger partial charge in [-0.1, -0.05) is 12.1 Å². The molecule has 2 aromatic rings. The van der Waals surface area contributed by atoms with Crippen molar-refractivity contribution in [2.45, 2.75) is 6.54 Å². The molecule has 1 saturated heterocycles. The zero-order chi connectivity index (χ0) is 18.7. The van der Waals surface area contributed by atoms with E-state index in [2.05, 4.69) is 10.00 Å². The van der Waals surface area contributed by atoms with Crippen LogP contribution in [0.1, 0.15) is 26.4 Å². The average Bonchev–Trinajstić information content (AvgIpc) is 3.04. The van der Waals surface area contributed by atoms with E-state index in [4.69, 9.17) is 4.74 Å². The van der Waals surface area contributed by atoms with Crippen molar-refractivity contribution in [1.82, 2.24) is 19.6 Å². The predicted octanol–water partition coefficient (Wildman–Crippen LogP) is 1.08. The highest BCUT2D eigenvalue weighted by Gasteiger charge is 2.28. The van der Waals surface area contributed by atoms with Crippen LogP contribution in [0.5, 0.6) is 5.75 Å². The predicted molar refractivity (Wildman–Crippen MR) is 94.3 cm³/mol. The lowest BCUT2D eigenvalue weighted by molar-refractivity contribution is 0.0604. The van der Waals surface area contributed by atoms with Crippen molar-refractivity contribution in [3.63, 3.8) is 0 Å². The van der Waals surface area contributed by atoms with Gasteiger partial charge in [0.2, 0.25) is 0 Å². The first-order chi connectivity index (χ1) is 12.5. The van der Waals surface area contributed by atoms with Crippen molar-refractivity contribution >= 4 is 11.9 Å². The molecule has 2 heterocycles. The van der Waals surface area contributed by atoms with Crippen LogP contribution in [0.15, 0.2) is 30.5 Å². The zero-order valence-electron chi connectivity index (χ0n) is 14.9. The first-order valence-electron chi connectivity index (χ1n) is 8.39. The summed E-state index contributed by atoms with van der Waals surface area (Å²) in [5.74, 6) is -0.638. The third kappa shape index (κ3) is 3.85. The van der Waals surface area contributed by atoms with Gasteiger partial charge in [-0.05, 0) is 17.7 Å². The maximum atomic E-state index is 12.6. The van der Waals surface area contributed by atoms with Crippen LogP contribution in [0.4, 0.5) is 0 Å². The highest BCUT2D eigenvalue weighted by Crippen LogP contribution is 2.16. The average molecular weight is 358 g/mol. The van der Waals surface area contributed by atoms with Crippen LogP contribution in [0.2, 0.25) is 0 Å². The second-order valence-electron chi connectivity index (χ2n) is 6.29. The lowest BCUT2D eigenvalue weighted by atomic mass is 10.1. The third-order valence-corrected chi connectivity index (χ3v) is 4.49. The van der Waals surface area contributed by atoms with Crippen LogP contribution in [-0.2, 0) is 13.6 Å². The Balaban J connectivity index is 1.59. The van der Waals surface area contributed by atoms with Gasteiger partial charge in [-0.3, -0.25) is 14.4 Å². The molecular formula is C18H22N4O4. The fourth-order valence-corrected chi connectivity index (χ4v) is 3.05. The summed E-state index contributed by atoms with van der Waals surface area (Å²) in [6.07, 6.45) is 1.36. The standard InChI is InChI=1S/C18H22N4O4/c1-20-12-15(18(24)25)16(19-20)17(23)22-9-7-21(8-10-22)11-13-3-5-14(26-2)6-4-13/h3-6,12H,7-11H2,1-2H3,(H,24,25). The molecular weight excluding hydrogens is 336 g/mol. The summed E-state index contributed by atoms with van der Waals surface area (Å²) >= 11 is 0. The minimum atomic E-state index is -1.14. The van der Waals surface area contributed by atoms with Gasteiger partial charge in [-0.2, -0.15) is 5.10 Å². The van der Waals surface area contributed by atoms with E-state index in [1.807, 2.05) is 24.3 Å². The quantitative estimate of drug-likeness (QED) is 0.861. The second kappa shape index (κ2) is 7.57. The lowest BCUT2D eigenvalue weighted by Crippen LogP contribution is -2.48. The molecule has 1 amide bonds. The number of piperazine rings is 1. The van der Waals surface area contributed by atoms with Gasteiger partial charge in [0.25, 0.3) is 5.91 Å². The van der Waals surface area contributed by atoms with Crippen molar-refractivity contribution in [3.8, 4) is 5.75 Å². The molecule has 0 spiro atoms. The molecule has 26 heavy (non-hydrogen) atoms. The van der Waals surface area contributed by atoms with Crippen LogP contribution in [-0.4, -0.2) is 69.9 Å². The first kappa shape index (κ1) is 17.9. The number of carbonyl (C=O) groups is 2. The van der Waals surface area contributed by atoms with Gasteiger partial charge in [-0.15, -0.1) is 0 Å². The second-order valence-corrected chi connectivity index (χ2v) is 6.29. The number of aromatic carboxylic acids is 1. The van der Waals surface area contributed by atoms with E-state index in [0.29, 0.717) is 13.1 Å². The number of hydrogen-bond donors (Lipinski definition) is 1. The van der Waals surface area contributed by atoms with E-state index in [1.54, 1.807) is 19.1 Å². The molecule has 0 unspecified atom stereocenters. The number of benzene rings is 1. The largest absolute Gasteiger partial charge is 0.497 e. The normalized spacial score (nSPS) is 15.1. The highest BCUT2D eigenvalue weighted by atomic mass is 16.5. The van der Waals surface area contributed by atoms with E-state index in [0.717, 1.165) is 25.4 Å². The monoisotopic (exact) mass is 358 g/mol. The van der Waals surface area contributed by atoms with Gasteiger partial charge in [0.1, 0.15) is 11.3 Å². The zero-order valence-corrected chi connectivity index (χ0v) is 14.9. The Hall–Kier alpha value is -2.87. The molecule has 1 aromatic heterocycles. The number of nitrogens with zero attached hydrogens (tertiary/aromatic N) is 4. The number of carbonyl (C=O) groups excluding carboxylic acids is 1. The molecule has 8 nitrogen and oxygen atoms in total. The van der Waals surface area contributed by atoms with Gasteiger partial charge in [0.15, 0.2) is 5.69 Å². The van der Waals surface area contributed by atoms with Gasteiger partial charge < -0.3 is 14.7 Å². The number of rotatable bonds is 5. The number of methoxy groups -OCH3 is 1. The maximum absolute atomic E-state index is 12.6. The molecule has 1 aliphatic rings. The van der Waals surface area contributed by atoms with E-state index in [1.165, 1.54) is 16.4 Å². The molecule has 0 aliphatic carbocycles. The molecule has 8 heteroatoms. The minimum absolute atomic E-state index is 0.00334. The van der Waals surface area contributed by atoms with E-state index < -0.39 is 5.97 Å². The molecule has 1 aromatic carbocycles. The van der Waals surface area contributed by atoms with Crippen molar-refractivity contribution in [1.29, 1.82) is 0 Å². The minimum Gasteiger partial charge on any atom is -0.497 e. The lowest BCUT2D eigenvalue weighted by Gasteiger charge is -2.34. The summed E-state index contributed by atoms with van der Waals surface area (Å²) in [6.45, 7) is 3.35. The summed E-state index contributed by atoms with van der Waals surface area (Å²) in [7, 11) is 3.25. The first-order valence-corrected chi connectivity index (χ1v) is 8.39. The third-order valence-electron chi connectivity index (χ3n) is 4.49. The smallest absolute Gasteiger partial charge is 0.339 e. The fourth-order valence-electron chi connectivity index (χ4n) is 3.05. The van der Waals surface area contributed by atoms with E-state index >= 15 is 0 Å². The van der Waals surface area contributed by atoms with Crippen LogP contribution in [0.3, 0.4) is 0 Å². The summed E-state index contributed by atoms with van der Waals surface area (Å²) in [4.78, 5) is 27.8. The van der Waals surface area contributed by atoms with Crippen LogP contribution in [0, 0.1) is 0 Å². The maximum Gasteiger partial charge on any atom is 0.339 e. The van der Waals surface area contributed by atoms with E-state index in [9.17, 15) is 14.7 Å². The Labute approximate surface area is 151 Å². The SMILES string of the molecule is COc1ccc(CN2CCN(C(=O)c3nn(C)cc3C(=O)O)CC2)cc1. The Morgan fingerprint density at radius 2 is 1.81 bits per heavy atom. The van der Waals surface area contributed by atoms with Gasteiger partial charge >= 0.3 is 5.97 Å². The Morgan fingerprint density at radius 1 is 1.15 bits per heavy atom. The molecule has 138 valence electrons. The molecule has 1 N–H and O–H groups in total. The van der Waals surface area contributed by atoms with Gasteiger partial charge in [0.05, 0.1) is 7.11 Å². The Morgan fingerprint density at radius 3 is 2.38 bits per heavy atom. The molecule has 0 bridgehead atoms. The Kier molecular flexibility index (Phi) is 5.22. The molecule has 3 rings (SSSR count). The van der Waals surface area contributed by atoms with Crippen LogP contribution < -0.4 is 4.74 Å². The number of hydrogen-bond acceptors (Lipinski definition) is 5. The van der Waals surface area contributed by atoms with Crippen LogP contribution in [0.25, 0.3) is 0 Å². The fraction of sp³-hybridized carbons (Fsp3) is 0.389. The van der Waals surface area contributed by atoms with Crippen molar-refractivity contribution in [2.75, 3.05) is 33.3 Å². The topological polar surface area (TPSA) is 87.9 Å². The number of aromatic nitrogens is 2. The molecule has 1 fully saturated rings. The highest BCUT2D eigenvalue weighted by molar-refractivity contribution is 6.03. The number of aryl methyl sites for hydroxylation is 1. The number of carboxylic acid groups (broad SMARTS) is 1. The Bertz CT molecular complexity index is 792. The summed E-state index contributed by atoms with van der Waals surface area (Å²) in [5, 5.41) is 13.3. The molecule has 0 saturated carbocycles. The van der Waals surface area contributed by atoms with E-state index in [-0.39, 0.29) is 17.2 Å². The number of ether oxygens (including phenoxy) is 1. The van der Waals surface area contributed by atoms with Gasteiger partial charge in [0, 0.05) is 46.0 Å². The van der Waals surface area contributed by atoms with Crippen LogP contribution >= 0.6 is 0 Å². The molecule has 0 radical (unpaired) electrons.